The van der Waals surface area contributed by atoms with Gasteiger partial charge in [0.05, 0.1) is 6.85 Å². The summed E-state index contributed by atoms with van der Waals surface area (Å²) in [6.45, 7) is 0. The Kier molecular flexibility index (Phi) is 3.37. The largest absolute Gasteiger partial charge is 0.455 e. The monoisotopic (exact) mass is 475 g/mol. The molecule has 0 aliphatic rings. The molecule has 0 amide bonds. The average molecular weight is 476 g/mol. The van der Waals surface area contributed by atoms with E-state index in [0.717, 1.165) is 65.4 Å². The van der Waals surface area contributed by atoms with Crippen LogP contribution in [0.2, 0.25) is 0 Å². The molecular weight excluding hydrogens is 448 g/mol. The van der Waals surface area contributed by atoms with E-state index in [1.54, 1.807) is 0 Å². The van der Waals surface area contributed by atoms with E-state index in [1.807, 2.05) is 72.8 Å². The summed E-state index contributed by atoms with van der Waals surface area (Å²) in [4.78, 5) is 0. The number of rotatable bonds is 2. The lowest BCUT2D eigenvalue weighted by Crippen LogP contribution is -1.91. The van der Waals surface area contributed by atoms with E-state index in [-0.39, 0.29) is 29.7 Å². The smallest absolute Gasteiger partial charge is 0.143 e. The van der Waals surface area contributed by atoms with E-state index in [9.17, 15) is 0 Å². The van der Waals surface area contributed by atoms with Crippen LogP contribution in [-0.4, -0.2) is 0 Å². The zero-order valence-electron chi connectivity index (χ0n) is 24.7. The summed E-state index contributed by atoms with van der Waals surface area (Å²) >= 11 is 0. The van der Waals surface area contributed by atoms with E-state index < -0.39 is 6.04 Å². The maximum Gasteiger partial charge on any atom is 0.143 e. The summed E-state index contributed by atoms with van der Waals surface area (Å²) in [5.74, 6) is 0. The molecule has 1 aromatic heterocycles. The van der Waals surface area contributed by atoms with E-state index >= 15 is 0 Å². The summed E-state index contributed by atoms with van der Waals surface area (Å²) in [5.41, 5.74) is 4.51. The van der Waals surface area contributed by atoms with Crippen molar-refractivity contribution in [2.45, 2.75) is 0 Å². The number of fused-ring (bicyclic) bond motifs is 7. The lowest BCUT2D eigenvalue weighted by Gasteiger charge is -2.18. The van der Waals surface area contributed by atoms with Crippen molar-refractivity contribution >= 4 is 54.3 Å². The van der Waals surface area contributed by atoms with Crippen LogP contribution in [0.4, 0.5) is 0 Å². The standard InChI is InChI=1S/C36H22O/c1-2-12-24(13-3-1)33-26-15-6-8-17-28(26)34(29-18-9-7-16-27(29)33)30-19-10-20-32-35(30)31-22-21-23-11-4-5-14-25(23)36(31)37-32/h1-22H/i1D,2D,3D,12D,13D. The quantitative estimate of drug-likeness (QED) is 0.227. The summed E-state index contributed by atoms with van der Waals surface area (Å²) in [6, 6.07) is 33.0. The normalized spacial score (nSPS) is 13.7. The third kappa shape index (κ3) is 2.92. The van der Waals surface area contributed by atoms with Crippen molar-refractivity contribution in [3.05, 3.63) is 133 Å². The van der Waals surface area contributed by atoms with Crippen molar-refractivity contribution < 1.29 is 11.3 Å². The van der Waals surface area contributed by atoms with Gasteiger partial charge in [0.1, 0.15) is 11.2 Å². The van der Waals surface area contributed by atoms with Gasteiger partial charge < -0.3 is 4.42 Å². The van der Waals surface area contributed by atoms with Crippen LogP contribution in [0.25, 0.3) is 76.5 Å². The van der Waals surface area contributed by atoms with Crippen molar-refractivity contribution in [3.8, 4) is 22.3 Å². The Morgan fingerprint density at radius 2 is 1.11 bits per heavy atom. The van der Waals surface area contributed by atoms with Crippen molar-refractivity contribution in [3.63, 3.8) is 0 Å². The zero-order chi connectivity index (χ0) is 28.7. The SMILES string of the molecule is [2H]c1c([2H])c([2H])c(-c2c3ccccc3c(-c3cccc4oc5c6ccccc6ccc5c34)c3ccccc23)c([2H])c1[2H]. The third-order valence-corrected chi connectivity index (χ3v) is 7.34. The zero-order valence-corrected chi connectivity index (χ0v) is 19.7. The van der Waals surface area contributed by atoms with Gasteiger partial charge in [-0.3, -0.25) is 0 Å². The van der Waals surface area contributed by atoms with Crippen molar-refractivity contribution in [1.82, 2.24) is 0 Å². The Labute approximate surface area is 221 Å². The van der Waals surface area contributed by atoms with E-state index in [1.165, 1.54) is 0 Å². The lowest BCUT2D eigenvalue weighted by atomic mass is 9.85. The molecule has 8 aromatic rings. The maximum absolute atomic E-state index is 8.80. The van der Waals surface area contributed by atoms with Crippen LogP contribution in [0.1, 0.15) is 6.85 Å². The lowest BCUT2D eigenvalue weighted by molar-refractivity contribution is 0.673. The molecule has 0 radical (unpaired) electrons. The molecule has 0 spiro atoms. The summed E-state index contributed by atoms with van der Waals surface area (Å²) in [7, 11) is 0. The molecule has 0 saturated heterocycles. The molecule has 172 valence electrons. The second-order valence-corrected chi connectivity index (χ2v) is 9.29. The van der Waals surface area contributed by atoms with E-state index in [2.05, 4.69) is 30.3 Å². The molecular formula is C36H22O. The average Bonchev–Trinajstić information content (AvgIpc) is 3.42. The Bertz CT molecular complexity index is 2340. The minimum atomic E-state index is -0.398. The second-order valence-electron chi connectivity index (χ2n) is 9.29. The van der Waals surface area contributed by atoms with Gasteiger partial charge in [0.25, 0.3) is 0 Å². The van der Waals surface area contributed by atoms with Crippen LogP contribution in [0.5, 0.6) is 0 Å². The van der Waals surface area contributed by atoms with Gasteiger partial charge in [0.15, 0.2) is 0 Å². The van der Waals surface area contributed by atoms with Crippen LogP contribution in [0, 0.1) is 0 Å². The molecule has 7 aromatic carbocycles. The third-order valence-electron chi connectivity index (χ3n) is 7.34. The van der Waals surface area contributed by atoms with E-state index in [0.29, 0.717) is 5.56 Å². The highest BCUT2D eigenvalue weighted by Gasteiger charge is 2.20. The molecule has 1 nitrogen and oxygen atoms in total. The first-order valence-corrected chi connectivity index (χ1v) is 12.3. The van der Waals surface area contributed by atoms with Gasteiger partial charge in [0, 0.05) is 16.2 Å². The highest BCUT2D eigenvalue weighted by Crippen LogP contribution is 2.47. The summed E-state index contributed by atoms with van der Waals surface area (Å²) in [5, 5.41) is 7.72. The predicted molar refractivity (Wildman–Crippen MR) is 157 cm³/mol. The van der Waals surface area contributed by atoms with Gasteiger partial charge >= 0.3 is 0 Å². The molecule has 0 aliphatic heterocycles. The first kappa shape index (κ1) is 16.0. The molecule has 0 unspecified atom stereocenters. The molecule has 0 N–H and O–H groups in total. The fourth-order valence-corrected chi connectivity index (χ4v) is 5.83. The van der Waals surface area contributed by atoms with Gasteiger partial charge in [0.2, 0.25) is 0 Å². The molecule has 0 fully saturated rings. The fraction of sp³-hybridized carbons (Fsp3) is 0. The number of benzene rings is 7. The minimum absolute atomic E-state index is 0.207. The van der Waals surface area contributed by atoms with Crippen LogP contribution >= 0.6 is 0 Å². The Morgan fingerprint density at radius 3 is 1.81 bits per heavy atom. The molecule has 0 aliphatic carbocycles. The second kappa shape index (κ2) is 7.81. The Hall–Kier alpha value is -4.88. The van der Waals surface area contributed by atoms with Gasteiger partial charge in [-0.1, -0.05) is 121 Å². The predicted octanol–water partition coefficient (Wildman–Crippen LogP) is 10.4. The van der Waals surface area contributed by atoms with Crippen LogP contribution in [0.15, 0.2) is 138 Å². The summed E-state index contributed by atoms with van der Waals surface area (Å²) < 4.78 is 49.0. The Morgan fingerprint density at radius 1 is 0.486 bits per heavy atom. The van der Waals surface area contributed by atoms with Crippen molar-refractivity contribution in [2.75, 3.05) is 0 Å². The molecule has 37 heavy (non-hydrogen) atoms. The van der Waals surface area contributed by atoms with Gasteiger partial charge in [-0.05, 0) is 61.3 Å². The van der Waals surface area contributed by atoms with Crippen molar-refractivity contribution in [1.29, 1.82) is 0 Å². The number of hydrogen-bond acceptors (Lipinski definition) is 1. The van der Waals surface area contributed by atoms with Crippen LogP contribution < -0.4 is 0 Å². The van der Waals surface area contributed by atoms with E-state index in [4.69, 9.17) is 11.3 Å². The van der Waals surface area contributed by atoms with Crippen molar-refractivity contribution in [2.24, 2.45) is 0 Å². The number of hydrogen-bond donors (Lipinski definition) is 0. The highest BCUT2D eigenvalue weighted by molar-refractivity contribution is 6.26. The van der Waals surface area contributed by atoms with Gasteiger partial charge in [-0.15, -0.1) is 0 Å². The summed E-state index contributed by atoms with van der Waals surface area (Å²) in [6.07, 6.45) is 0. The molecule has 0 atom stereocenters. The molecule has 0 bridgehead atoms. The van der Waals surface area contributed by atoms with Crippen LogP contribution in [0.3, 0.4) is 0 Å². The molecule has 8 rings (SSSR count). The minimum Gasteiger partial charge on any atom is -0.455 e. The molecule has 0 saturated carbocycles. The topological polar surface area (TPSA) is 13.1 Å². The molecule has 1 heteroatoms. The van der Waals surface area contributed by atoms with Crippen LogP contribution in [-0.2, 0) is 0 Å². The fourth-order valence-electron chi connectivity index (χ4n) is 5.83. The highest BCUT2D eigenvalue weighted by atomic mass is 16.3. The van der Waals surface area contributed by atoms with Gasteiger partial charge in [-0.25, -0.2) is 0 Å². The Balaban J connectivity index is 1.57. The van der Waals surface area contributed by atoms with Gasteiger partial charge in [-0.2, -0.15) is 0 Å². The first-order chi connectivity index (χ1) is 20.5. The maximum atomic E-state index is 8.80. The molecule has 1 heterocycles. The number of furan rings is 1. The first-order valence-electron chi connectivity index (χ1n) is 14.8.